The van der Waals surface area contributed by atoms with E-state index in [2.05, 4.69) is 5.32 Å². The van der Waals surface area contributed by atoms with Gasteiger partial charge < -0.3 is 39.0 Å². The lowest BCUT2D eigenvalue weighted by molar-refractivity contribution is -0.296. The minimum absolute atomic E-state index is 0.195. The molecule has 246 valence electrons. The molecule has 2 N–H and O–H groups in total. The van der Waals surface area contributed by atoms with Crippen LogP contribution in [0.3, 0.4) is 0 Å². The number of esters is 1. The van der Waals surface area contributed by atoms with E-state index in [0.29, 0.717) is 6.42 Å². The van der Waals surface area contributed by atoms with Crippen molar-refractivity contribution in [1.82, 2.24) is 10.2 Å². The number of ether oxygens (including phenoxy) is 5. The van der Waals surface area contributed by atoms with Gasteiger partial charge in [-0.1, -0.05) is 13.8 Å². The molecule has 0 saturated carbocycles. The number of amides is 1. The lowest BCUT2D eigenvalue weighted by Crippen LogP contribution is -2.60. The van der Waals surface area contributed by atoms with Crippen molar-refractivity contribution in [2.75, 3.05) is 21.2 Å². The van der Waals surface area contributed by atoms with E-state index >= 15 is 4.39 Å². The first-order valence-electron chi connectivity index (χ1n) is 15.0. The number of aliphatic hydroxyl groups is 1. The number of ketones is 2. The third-order valence-corrected chi connectivity index (χ3v) is 9.53. The highest BCUT2D eigenvalue weighted by molar-refractivity contribution is 6.00. The van der Waals surface area contributed by atoms with Crippen LogP contribution >= 0.6 is 0 Å². The molecule has 3 rings (SSSR count). The molecule has 3 heterocycles. The van der Waals surface area contributed by atoms with Gasteiger partial charge >= 0.3 is 12.1 Å². The number of hydrogen-bond donors (Lipinski definition) is 2. The van der Waals surface area contributed by atoms with Crippen LogP contribution in [0.25, 0.3) is 0 Å². The molecule has 1 amide bonds. The fraction of sp³-hybridized carbons (Fsp3) is 0.867. The number of likely N-dealkylation sites (N-methyl/N-ethyl adjacent to an activating group) is 1. The molecule has 0 unspecified atom stereocenters. The summed E-state index contributed by atoms with van der Waals surface area (Å²) in [5, 5.41) is 13.7. The number of nitrogens with zero attached hydrogens (tertiary/aromatic N) is 1. The van der Waals surface area contributed by atoms with Gasteiger partial charge in [-0.05, 0) is 61.6 Å². The summed E-state index contributed by atoms with van der Waals surface area (Å²) in [4.78, 5) is 54.9. The Hall–Kier alpha value is -2.19. The molecule has 43 heavy (non-hydrogen) atoms. The van der Waals surface area contributed by atoms with Crippen LogP contribution in [-0.2, 0) is 38.1 Å². The molecule has 0 aromatic heterocycles. The Morgan fingerprint density at radius 1 is 1.12 bits per heavy atom. The maximum absolute atomic E-state index is 16.5. The summed E-state index contributed by atoms with van der Waals surface area (Å²) in [5.74, 6) is -4.66. The number of nitrogens with one attached hydrogen (secondary N) is 1. The van der Waals surface area contributed by atoms with E-state index in [9.17, 15) is 24.3 Å². The molecule has 3 aliphatic rings. The Balaban J connectivity index is 2.10. The van der Waals surface area contributed by atoms with E-state index in [-0.39, 0.29) is 18.6 Å². The highest BCUT2D eigenvalue weighted by Crippen LogP contribution is 2.40. The second kappa shape index (κ2) is 13.0. The molecule has 12 nitrogen and oxygen atoms in total. The molecule has 3 fully saturated rings. The summed E-state index contributed by atoms with van der Waals surface area (Å²) < 4.78 is 45.9. The number of carbonyl (C=O) groups excluding carboxylic acids is 4. The van der Waals surface area contributed by atoms with Crippen molar-refractivity contribution in [3.63, 3.8) is 0 Å². The van der Waals surface area contributed by atoms with Gasteiger partial charge in [-0.25, -0.2) is 9.18 Å². The number of aliphatic hydroxyl groups excluding tert-OH is 1. The number of halogens is 1. The Morgan fingerprint density at radius 2 is 1.74 bits per heavy atom. The van der Waals surface area contributed by atoms with E-state index in [1.807, 2.05) is 25.9 Å². The molecule has 0 spiro atoms. The van der Waals surface area contributed by atoms with Gasteiger partial charge in [-0.15, -0.1) is 0 Å². The quantitative estimate of drug-likeness (QED) is 0.346. The van der Waals surface area contributed by atoms with Crippen molar-refractivity contribution in [3.8, 4) is 0 Å². The van der Waals surface area contributed by atoms with Crippen LogP contribution < -0.4 is 5.32 Å². The first kappa shape index (κ1) is 35.3. The SMILES string of the molecule is CC[C@H]1OC(=O)[C@H](C)C(=O)[C@H](C)[C@@H](O[C@@H]2O[C@H](C)C[C@H](N(C)C)[C@H]2O)[C@](C)(OC)C[C@](C)(F)C(=O)C[C@@H]2NC(=O)O[C@@]21C. The van der Waals surface area contributed by atoms with Gasteiger partial charge in [0.05, 0.1) is 23.9 Å². The van der Waals surface area contributed by atoms with Crippen LogP contribution in [0.4, 0.5) is 9.18 Å². The fourth-order valence-corrected chi connectivity index (χ4v) is 6.67. The monoisotopic (exact) mass is 616 g/mol. The largest absolute Gasteiger partial charge is 0.458 e. The van der Waals surface area contributed by atoms with Gasteiger partial charge in [0, 0.05) is 31.9 Å². The number of carbonyl (C=O) groups is 4. The summed E-state index contributed by atoms with van der Waals surface area (Å²) in [6.07, 6.45) is -6.06. The van der Waals surface area contributed by atoms with Gasteiger partial charge in [0.1, 0.15) is 18.1 Å². The lowest BCUT2D eigenvalue weighted by Gasteiger charge is -2.47. The summed E-state index contributed by atoms with van der Waals surface area (Å²) in [6.45, 7) is 10.6. The molecule has 3 saturated heterocycles. The van der Waals surface area contributed by atoms with E-state index < -0.39 is 95.8 Å². The zero-order valence-electron chi connectivity index (χ0n) is 27.0. The van der Waals surface area contributed by atoms with Gasteiger partial charge in [-0.3, -0.25) is 14.4 Å². The van der Waals surface area contributed by atoms with E-state index in [1.165, 1.54) is 34.8 Å². The summed E-state index contributed by atoms with van der Waals surface area (Å²) >= 11 is 0. The van der Waals surface area contributed by atoms with Crippen LogP contribution in [0.1, 0.15) is 74.1 Å². The normalized spacial score (nSPS) is 45.2. The number of cyclic esters (lactones) is 1. The van der Waals surface area contributed by atoms with Gasteiger partial charge in [0.15, 0.2) is 29.1 Å². The molecule has 0 radical (unpaired) electrons. The Labute approximate surface area is 253 Å². The van der Waals surface area contributed by atoms with Gasteiger partial charge in [0.2, 0.25) is 0 Å². The summed E-state index contributed by atoms with van der Waals surface area (Å²) in [6, 6.07) is -1.34. The second-order valence-corrected chi connectivity index (χ2v) is 13.2. The predicted molar refractivity (Wildman–Crippen MR) is 152 cm³/mol. The lowest BCUT2D eigenvalue weighted by atomic mass is 9.75. The van der Waals surface area contributed by atoms with Gasteiger partial charge in [0.25, 0.3) is 0 Å². The van der Waals surface area contributed by atoms with Crippen LogP contribution in [0.2, 0.25) is 0 Å². The molecule has 0 aromatic carbocycles. The minimum atomic E-state index is -2.51. The smallest absolute Gasteiger partial charge is 0.408 e. The molecule has 12 atom stereocenters. The Kier molecular flexibility index (Phi) is 10.7. The number of methoxy groups -OCH3 is 1. The van der Waals surface area contributed by atoms with Crippen LogP contribution in [0, 0.1) is 11.8 Å². The molecular weight excluding hydrogens is 567 g/mol. The van der Waals surface area contributed by atoms with Crippen molar-refractivity contribution >= 4 is 23.6 Å². The number of alkyl carbamates (subject to hydrolysis) is 1. The van der Waals surface area contributed by atoms with Crippen molar-refractivity contribution in [2.45, 2.75) is 134 Å². The van der Waals surface area contributed by atoms with E-state index in [1.54, 1.807) is 6.92 Å². The van der Waals surface area contributed by atoms with Crippen LogP contribution in [-0.4, -0.2) is 115 Å². The molecule has 0 aromatic rings. The standard InChI is InChI=1S/C30H49FN2O10/c1-11-21-30(7)19(32-27(38)43-30)13-20(34)28(5,31)14-29(6,39-10)24(16(3)22(35)17(4)25(37)41-21)42-26-23(36)18(33(8)9)12-15(2)40-26/h15-19,21,23-24,26,36H,11-14H2,1-10H3,(H,32,38)/t15-,16+,17-,18+,19+,21-,23-,24-,26+,28+,29-,30+/m1/s1. The van der Waals surface area contributed by atoms with E-state index in [0.717, 1.165) is 6.92 Å². The van der Waals surface area contributed by atoms with Crippen LogP contribution in [0.5, 0.6) is 0 Å². The molecule has 0 bridgehead atoms. The number of hydrogen-bond acceptors (Lipinski definition) is 11. The Bertz CT molecular complexity index is 1070. The number of Topliss-reactive ketones (excluding diaryl/α,β-unsaturated/α-hetero) is 2. The molecule has 0 aliphatic carbocycles. The van der Waals surface area contributed by atoms with Crippen LogP contribution in [0.15, 0.2) is 0 Å². The van der Waals surface area contributed by atoms with Gasteiger partial charge in [-0.2, -0.15) is 0 Å². The number of alkyl halides is 1. The average molecular weight is 617 g/mol. The molecule has 3 aliphatic heterocycles. The van der Waals surface area contributed by atoms with Crippen molar-refractivity contribution in [3.05, 3.63) is 0 Å². The summed E-state index contributed by atoms with van der Waals surface area (Å²) in [5.41, 5.74) is -5.62. The zero-order valence-corrected chi connectivity index (χ0v) is 27.0. The fourth-order valence-electron chi connectivity index (χ4n) is 6.67. The Morgan fingerprint density at radius 3 is 2.30 bits per heavy atom. The summed E-state index contributed by atoms with van der Waals surface area (Å²) in [7, 11) is 4.94. The highest BCUT2D eigenvalue weighted by atomic mass is 19.1. The van der Waals surface area contributed by atoms with Crippen molar-refractivity contribution in [2.24, 2.45) is 11.8 Å². The maximum atomic E-state index is 16.5. The molecular formula is C30H49FN2O10. The molecule has 13 heteroatoms. The first-order valence-corrected chi connectivity index (χ1v) is 15.0. The van der Waals surface area contributed by atoms with Crippen molar-refractivity contribution < 1.29 is 52.4 Å². The highest BCUT2D eigenvalue weighted by Gasteiger charge is 2.57. The number of rotatable bonds is 5. The average Bonchev–Trinajstić information content (AvgIpc) is 3.22. The predicted octanol–water partition coefficient (Wildman–Crippen LogP) is 2.32. The first-order chi connectivity index (χ1) is 19.8. The topological polar surface area (TPSA) is 150 Å². The van der Waals surface area contributed by atoms with E-state index in [4.69, 9.17) is 23.7 Å². The second-order valence-electron chi connectivity index (χ2n) is 13.2. The minimum Gasteiger partial charge on any atom is -0.458 e. The number of fused-ring (bicyclic) bond motifs is 1. The third-order valence-electron chi connectivity index (χ3n) is 9.53. The maximum Gasteiger partial charge on any atom is 0.408 e. The third kappa shape index (κ3) is 7.06. The zero-order chi connectivity index (χ0) is 32.7. The van der Waals surface area contributed by atoms with Crippen molar-refractivity contribution in [1.29, 1.82) is 0 Å².